The first kappa shape index (κ1) is 29.3. The third-order valence-electron chi connectivity index (χ3n) is 7.11. The molecule has 0 saturated carbocycles. The minimum absolute atomic E-state index is 0.116. The van der Waals surface area contributed by atoms with Crippen LogP contribution < -0.4 is 24.4 Å². The summed E-state index contributed by atoms with van der Waals surface area (Å²) < 4.78 is 24.0. The lowest BCUT2D eigenvalue weighted by Crippen LogP contribution is -2.43. The maximum absolute atomic E-state index is 13.9. The smallest absolute Gasteiger partial charge is 0.338 e. The van der Waals surface area contributed by atoms with E-state index in [9.17, 15) is 14.4 Å². The van der Waals surface area contributed by atoms with Crippen LogP contribution in [0.2, 0.25) is 0 Å². The molecular weight excluding hydrogens is 558 g/mol. The molecule has 2 aliphatic rings. The monoisotopic (exact) mass is 591 g/mol. The minimum atomic E-state index is -0.669. The molecule has 3 aromatic rings. The Balaban J connectivity index is 1.49. The summed E-state index contributed by atoms with van der Waals surface area (Å²) in [6.45, 7) is 7.71. The van der Waals surface area contributed by atoms with E-state index < -0.39 is 12.0 Å². The Labute approximate surface area is 247 Å². The van der Waals surface area contributed by atoms with Gasteiger partial charge in [-0.2, -0.15) is 0 Å². The average molecular weight is 592 g/mol. The van der Waals surface area contributed by atoms with Crippen molar-refractivity contribution in [2.75, 3.05) is 46.6 Å². The molecule has 11 heteroatoms. The van der Waals surface area contributed by atoms with Gasteiger partial charge in [0.1, 0.15) is 0 Å². The molecular formula is C31H33N3O7S. The number of fused-ring (bicyclic) bond motifs is 1. The molecule has 1 saturated heterocycles. The fourth-order valence-electron chi connectivity index (χ4n) is 4.94. The summed E-state index contributed by atoms with van der Waals surface area (Å²) in [5.41, 5.74) is 3.15. The Morgan fingerprint density at radius 2 is 1.83 bits per heavy atom. The van der Waals surface area contributed by atoms with Crippen LogP contribution in [0.15, 0.2) is 63.5 Å². The molecule has 42 heavy (non-hydrogen) atoms. The van der Waals surface area contributed by atoms with E-state index in [4.69, 9.17) is 18.9 Å². The second-order valence-corrected chi connectivity index (χ2v) is 10.9. The van der Waals surface area contributed by atoms with E-state index in [2.05, 4.69) is 4.99 Å². The van der Waals surface area contributed by atoms with Crippen molar-refractivity contribution in [3.63, 3.8) is 0 Å². The molecule has 1 aromatic heterocycles. The summed E-state index contributed by atoms with van der Waals surface area (Å²) in [7, 11) is 1.52. The molecule has 0 aliphatic carbocycles. The van der Waals surface area contributed by atoms with E-state index in [-0.39, 0.29) is 24.7 Å². The van der Waals surface area contributed by atoms with Gasteiger partial charge in [-0.05, 0) is 50.1 Å². The first-order valence-corrected chi connectivity index (χ1v) is 14.5. The van der Waals surface area contributed by atoms with Crippen LogP contribution in [0.4, 0.5) is 0 Å². The Morgan fingerprint density at radius 1 is 1.10 bits per heavy atom. The number of carbonyl (C=O) groups is 2. The van der Waals surface area contributed by atoms with Gasteiger partial charge in [-0.25, -0.2) is 9.79 Å². The predicted molar refractivity (Wildman–Crippen MR) is 157 cm³/mol. The number of esters is 1. The topological polar surface area (TPSA) is 109 Å². The highest BCUT2D eigenvalue weighted by Crippen LogP contribution is 2.31. The second-order valence-electron chi connectivity index (χ2n) is 9.91. The zero-order valence-electron chi connectivity index (χ0n) is 24.0. The number of hydrogen-bond acceptors (Lipinski definition) is 9. The van der Waals surface area contributed by atoms with E-state index in [0.29, 0.717) is 64.0 Å². The van der Waals surface area contributed by atoms with Crippen LogP contribution in [0.3, 0.4) is 0 Å². The normalized spacial score (nSPS) is 17.0. The van der Waals surface area contributed by atoms with Crippen LogP contribution in [-0.2, 0) is 19.1 Å². The van der Waals surface area contributed by atoms with E-state index in [1.165, 1.54) is 18.4 Å². The predicted octanol–water partition coefficient (Wildman–Crippen LogP) is 2.35. The zero-order valence-corrected chi connectivity index (χ0v) is 24.9. The van der Waals surface area contributed by atoms with Crippen molar-refractivity contribution in [3.05, 3.63) is 90.1 Å². The SMILES string of the molecule is CCOC(=O)C1=C(C)N=c2s/c(=C/c3ccc(OCC(=O)N4CCOCC4)c(OC)c3)c(=O)n2[C@@H]1c1ccc(C)cc1. The van der Waals surface area contributed by atoms with Crippen molar-refractivity contribution in [1.29, 1.82) is 0 Å². The van der Waals surface area contributed by atoms with Crippen molar-refractivity contribution in [1.82, 2.24) is 9.47 Å². The van der Waals surface area contributed by atoms with Gasteiger partial charge in [-0.3, -0.25) is 14.2 Å². The molecule has 0 radical (unpaired) electrons. The van der Waals surface area contributed by atoms with Gasteiger partial charge in [0.2, 0.25) is 0 Å². The van der Waals surface area contributed by atoms with Gasteiger partial charge in [0.05, 0.1) is 48.8 Å². The van der Waals surface area contributed by atoms with Gasteiger partial charge < -0.3 is 23.8 Å². The van der Waals surface area contributed by atoms with Crippen molar-refractivity contribution < 1.29 is 28.5 Å². The fourth-order valence-corrected chi connectivity index (χ4v) is 5.99. The molecule has 0 unspecified atom stereocenters. The third kappa shape index (κ3) is 6.02. The number of carbonyl (C=O) groups excluding carboxylic acids is 2. The van der Waals surface area contributed by atoms with Crippen LogP contribution in [0.25, 0.3) is 6.08 Å². The molecule has 10 nitrogen and oxygen atoms in total. The number of aryl methyl sites for hydroxylation is 1. The number of methoxy groups -OCH3 is 1. The molecule has 2 aliphatic heterocycles. The number of nitrogens with zero attached hydrogens (tertiary/aromatic N) is 3. The zero-order chi connectivity index (χ0) is 29.8. The minimum Gasteiger partial charge on any atom is -0.493 e. The number of hydrogen-bond donors (Lipinski definition) is 0. The Morgan fingerprint density at radius 3 is 2.52 bits per heavy atom. The molecule has 0 N–H and O–H groups in total. The van der Waals surface area contributed by atoms with E-state index in [1.807, 2.05) is 31.2 Å². The maximum atomic E-state index is 13.9. The van der Waals surface area contributed by atoms with Crippen molar-refractivity contribution in [2.24, 2.45) is 4.99 Å². The van der Waals surface area contributed by atoms with Gasteiger partial charge in [0, 0.05) is 13.1 Å². The average Bonchev–Trinajstić information content (AvgIpc) is 3.30. The maximum Gasteiger partial charge on any atom is 0.338 e. The van der Waals surface area contributed by atoms with Crippen molar-refractivity contribution >= 4 is 29.3 Å². The van der Waals surface area contributed by atoms with Gasteiger partial charge in [0.15, 0.2) is 22.9 Å². The first-order chi connectivity index (χ1) is 20.3. The lowest BCUT2D eigenvalue weighted by Gasteiger charge is -2.26. The van der Waals surface area contributed by atoms with Gasteiger partial charge in [-0.15, -0.1) is 0 Å². The molecule has 3 heterocycles. The summed E-state index contributed by atoms with van der Waals surface area (Å²) in [6, 6.07) is 12.3. The molecule has 2 aromatic carbocycles. The van der Waals surface area contributed by atoms with E-state index in [1.54, 1.807) is 47.6 Å². The highest BCUT2D eigenvalue weighted by Gasteiger charge is 2.33. The number of rotatable bonds is 8. The summed E-state index contributed by atoms with van der Waals surface area (Å²) in [5, 5.41) is 0. The number of thiazole rings is 1. The Bertz CT molecular complexity index is 1700. The third-order valence-corrected chi connectivity index (χ3v) is 8.09. The lowest BCUT2D eigenvalue weighted by molar-refractivity contribution is -0.139. The fraction of sp³-hybridized carbons (Fsp3) is 0.355. The number of amides is 1. The molecule has 1 atom stereocenters. The number of morpholine rings is 1. The van der Waals surface area contributed by atoms with E-state index in [0.717, 1.165) is 11.1 Å². The van der Waals surface area contributed by atoms with Crippen LogP contribution >= 0.6 is 11.3 Å². The Kier molecular flexibility index (Phi) is 8.89. The molecule has 5 rings (SSSR count). The van der Waals surface area contributed by atoms with Crippen LogP contribution in [0.1, 0.15) is 36.6 Å². The number of benzene rings is 2. The highest BCUT2D eigenvalue weighted by molar-refractivity contribution is 7.07. The number of aromatic nitrogens is 1. The first-order valence-electron chi connectivity index (χ1n) is 13.7. The summed E-state index contributed by atoms with van der Waals surface area (Å²) >= 11 is 1.25. The standard InChI is InChI=1S/C31H33N3O7S/c1-5-40-30(37)27-20(3)32-31-34(28(27)22-9-6-19(2)7-10-22)29(36)25(42-31)17-21-8-11-23(24(16-21)38-4)41-18-26(35)33-12-14-39-15-13-33/h6-11,16-17,28H,5,12-15,18H2,1-4H3/b25-17+/t28-/m1/s1. The van der Waals surface area contributed by atoms with Gasteiger partial charge in [-0.1, -0.05) is 47.2 Å². The molecule has 220 valence electrons. The van der Waals surface area contributed by atoms with Crippen LogP contribution in [0, 0.1) is 6.92 Å². The molecule has 1 fully saturated rings. The molecule has 0 bridgehead atoms. The lowest BCUT2D eigenvalue weighted by atomic mass is 9.95. The van der Waals surface area contributed by atoms with Crippen LogP contribution in [0.5, 0.6) is 11.5 Å². The Hall–Kier alpha value is -4.22. The van der Waals surface area contributed by atoms with Crippen molar-refractivity contribution in [3.8, 4) is 11.5 Å². The van der Waals surface area contributed by atoms with Crippen LogP contribution in [-0.4, -0.2) is 68.0 Å². The van der Waals surface area contributed by atoms with Gasteiger partial charge >= 0.3 is 5.97 Å². The molecule has 0 spiro atoms. The van der Waals surface area contributed by atoms with Gasteiger partial charge in [0.25, 0.3) is 11.5 Å². The molecule has 1 amide bonds. The largest absolute Gasteiger partial charge is 0.493 e. The second kappa shape index (κ2) is 12.7. The number of allylic oxidation sites excluding steroid dienone is 1. The number of ether oxygens (including phenoxy) is 4. The summed E-state index contributed by atoms with van der Waals surface area (Å²) in [5.74, 6) is 0.244. The van der Waals surface area contributed by atoms with Crippen molar-refractivity contribution in [2.45, 2.75) is 26.8 Å². The quantitative estimate of drug-likeness (QED) is 0.370. The van der Waals surface area contributed by atoms with E-state index >= 15 is 0 Å². The summed E-state index contributed by atoms with van der Waals surface area (Å²) in [4.78, 5) is 46.2. The summed E-state index contributed by atoms with van der Waals surface area (Å²) in [6.07, 6.45) is 1.75. The highest BCUT2D eigenvalue weighted by atomic mass is 32.1.